The minimum Gasteiger partial charge on any atom is -0.390 e. The van der Waals surface area contributed by atoms with Gasteiger partial charge in [0.25, 0.3) is 0 Å². The van der Waals surface area contributed by atoms with Gasteiger partial charge < -0.3 is 15.2 Å². The van der Waals surface area contributed by atoms with Crippen LogP contribution in [0.3, 0.4) is 0 Å². The Morgan fingerprint density at radius 3 is 2.68 bits per heavy atom. The van der Waals surface area contributed by atoms with Crippen LogP contribution in [0.2, 0.25) is 0 Å². The molecule has 2 fully saturated rings. The topological polar surface area (TPSA) is 44.7 Å². The van der Waals surface area contributed by atoms with Gasteiger partial charge in [-0.25, -0.2) is 0 Å². The fraction of sp³-hybridized carbons (Fsp3) is 0.714. The Morgan fingerprint density at radius 2 is 1.92 bits per heavy atom. The number of nitrogens with one attached hydrogen (secondary N) is 1. The third kappa shape index (κ3) is 3.14. The summed E-state index contributed by atoms with van der Waals surface area (Å²) in [5.74, 6) is 0.776. The maximum Gasteiger partial charge on any atom is 0.0834 e. The van der Waals surface area contributed by atoms with E-state index in [4.69, 9.17) is 4.74 Å². The van der Waals surface area contributed by atoms with E-state index in [0.717, 1.165) is 51.6 Å². The molecule has 2 saturated heterocycles. The van der Waals surface area contributed by atoms with Gasteiger partial charge in [0.05, 0.1) is 12.1 Å². The Morgan fingerprint density at radius 1 is 1.20 bits per heavy atom. The first kappa shape index (κ1) is 17.5. The van der Waals surface area contributed by atoms with Crippen LogP contribution in [-0.4, -0.2) is 56.0 Å². The van der Waals surface area contributed by atoms with Gasteiger partial charge in [-0.05, 0) is 75.8 Å². The molecule has 4 heteroatoms. The van der Waals surface area contributed by atoms with Gasteiger partial charge in [0.15, 0.2) is 0 Å². The summed E-state index contributed by atoms with van der Waals surface area (Å²) in [6.07, 6.45) is 5.36. The smallest absolute Gasteiger partial charge is 0.0834 e. The van der Waals surface area contributed by atoms with Crippen LogP contribution < -0.4 is 5.32 Å². The molecule has 1 spiro atoms. The summed E-state index contributed by atoms with van der Waals surface area (Å²) in [4.78, 5) is 2.41. The van der Waals surface area contributed by atoms with Crippen molar-refractivity contribution in [1.82, 2.24) is 10.2 Å². The van der Waals surface area contributed by atoms with E-state index in [0.29, 0.717) is 0 Å². The molecule has 2 N–H and O–H groups in total. The average molecular weight is 344 g/mol. The number of hydrogen-bond acceptors (Lipinski definition) is 4. The molecule has 138 valence electrons. The number of rotatable bonds is 4. The largest absolute Gasteiger partial charge is 0.390 e. The quantitative estimate of drug-likeness (QED) is 0.881. The molecule has 4 nitrogen and oxygen atoms in total. The van der Waals surface area contributed by atoms with E-state index in [1.165, 1.54) is 30.4 Å². The van der Waals surface area contributed by atoms with Gasteiger partial charge in [-0.2, -0.15) is 0 Å². The monoisotopic (exact) mass is 344 g/mol. The van der Waals surface area contributed by atoms with Gasteiger partial charge in [-0.15, -0.1) is 0 Å². The van der Waals surface area contributed by atoms with Crippen LogP contribution in [0.4, 0.5) is 0 Å². The first-order chi connectivity index (χ1) is 12.2. The molecule has 2 aliphatic heterocycles. The summed E-state index contributed by atoms with van der Waals surface area (Å²) in [5, 5.41) is 14.9. The molecule has 0 bridgehead atoms. The lowest BCUT2D eigenvalue weighted by Crippen LogP contribution is -2.48. The number of likely N-dealkylation sites (N-methyl/N-ethyl adjacent to an activating group) is 1. The standard InChI is InChI=1S/C21H32N2O2/c1-23(13-6-16-7-14-25-15-8-16)19-17-4-2-3-5-18(17)21(20(19)24)9-11-22-12-10-21/h2-5,16,19-20,22,24H,6-15H2,1H3/t19-,20+/m1/s1. The highest BCUT2D eigenvalue weighted by atomic mass is 16.5. The summed E-state index contributed by atoms with van der Waals surface area (Å²) in [7, 11) is 2.20. The van der Waals surface area contributed by atoms with Crippen LogP contribution >= 0.6 is 0 Å². The molecule has 2 atom stereocenters. The zero-order chi connectivity index (χ0) is 17.3. The fourth-order valence-electron chi connectivity index (χ4n) is 5.32. The second kappa shape index (κ2) is 7.36. The van der Waals surface area contributed by atoms with Crippen LogP contribution in [0.1, 0.15) is 49.3 Å². The lowest BCUT2D eigenvalue weighted by molar-refractivity contribution is 0.00226. The van der Waals surface area contributed by atoms with Crippen molar-refractivity contribution in [2.45, 2.75) is 49.7 Å². The van der Waals surface area contributed by atoms with Crippen molar-refractivity contribution in [3.05, 3.63) is 35.4 Å². The number of aliphatic hydroxyl groups is 1. The zero-order valence-electron chi connectivity index (χ0n) is 15.4. The summed E-state index contributed by atoms with van der Waals surface area (Å²) < 4.78 is 5.49. The normalized spacial score (nSPS) is 29.2. The molecule has 25 heavy (non-hydrogen) atoms. The van der Waals surface area contributed by atoms with Crippen molar-refractivity contribution in [2.24, 2.45) is 5.92 Å². The van der Waals surface area contributed by atoms with Gasteiger partial charge in [-0.3, -0.25) is 4.90 Å². The molecule has 4 rings (SSSR count). The minimum atomic E-state index is -0.299. The third-order valence-electron chi connectivity index (χ3n) is 6.88. The zero-order valence-corrected chi connectivity index (χ0v) is 15.4. The molecular formula is C21H32N2O2. The first-order valence-electron chi connectivity index (χ1n) is 9.98. The highest BCUT2D eigenvalue weighted by molar-refractivity contribution is 5.45. The predicted octanol–water partition coefficient (Wildman–Crippen LogP) is 2.47. The van der Waals surface area contributed by atoms with Gasteiger partial charge in [0, 0.05) is 18.6 Å². The first-order valence-corrected chi connectivity index (χ1v) is 9.98. The van der Waals surface area contributed by atoms with Crippen molar-refractivity contribution >= 4 is 0 Å². The lowest BCUT2D eigenvalue weighted by Gasteiger charge is -2.40. The van der Waals surface area contributed by atoms with E-state index in [1.807, 2.05) is 0 Å². The number of benzene rings is 1. The van der Waals surface area contributed by atoms with Gasteiger partial charge in [0.2, 0.25) is 0 Å². The number of fused-ring (bicyclic) bond motifs is 2. The van der Waals surface area contributed by atoms with Crippen molar-refractivity contribution in [1.29, 1.82) is 0 Å². The molecule has 2 heterocycles. The Kier molecular flexibility index (Phi) is 5.14. The summed E-state index contributed by atoms with van der Waals surface area (Å²) in [6.45, 7) is 4.89. The summed E-state index contributed by atoms with van der Waals surface area (Å²) in [5.41, 5.74) is 2.69. The number of hydrogen-bond donors (Lipinski definition) is 2. The molecular weight excluding hydrogens is 312 g/mol. The maximum absolute atomic E-state index is 11.4. The average Bonchev–Trinajstić information content (AvgIpc) is 2.90. The molecule has 0 unspecified atom stereocenters. The van der Waals surface area contributed by atoms with Crippen LogP contribution in [0.15, 0.2) is 24.3 Å². The molecule has 1 aromatic carbocycles. The molecule has 1 aromatic rings. The molecule has 3 aliphatic rings. The SMILES string of the molecule is CN(CCC1CCOCC1)[C@@H]1c2ccccc2C2(CCNCC2)[C@H]1O. The Balaban J connectivity index is 1.52. The van der Waals surface area contributed by atoms with E-state index >= 15 is 0 Å². The molecule has 0 saturated carbocycles. The summed E-state index contributed by atoms with van der Waals surface area (Å²) in [6, 6.07) is 8.90. The van der Waals surface area contributed by atoms with Crippen molar-refractivity contribution in [2.75, 3.05) is 39.9 Å². The highest BCUT2D eigenvalue weighted by Gasteiger charge is 2.52. The van der Waals surface area contributed by atoms with Gasteiger partial charge in [-0.1, -0.05) is 24.3 Å². The van der Waals surface area contributed by atoms with Crippen molar-refractivity contribution < 1.29 is 9.84 Å². The van der Waals surface area contributed by atoms with E-state index < -0.39 is 0 Å². The van der Waals surface area contributed by atoms with Crippen LogP contribution in [0.5, 0.6) is 0 Å². The van der Waals surface area contributed by atoms with Gasteiger partial charge >= 0.3 is 0 Å². The van der Waals surface area contributed by atoms with Crippen molar-refractivity contribution in [3.8, 4) is 0 Å². The molecule has 0 aromatic heterocycles. The van der Waals surface area contributed by atoms with Crippen molar-refractivity contribution in [3.63, 3.8) is 0 Å². The Hall–Kier alpha value is -0.940. The fourth-order valence-corrected chi connectivity index (χ4v) is 5.32. The maximum atomic E-state index is 11.4. The second-order valence-electron chi connectivity index (χ2n) is 8.21. The number of nitrogens with zero attached hydrogens (tertiary/aromatic N) is 1. The summed E-state index contributed by atoms with van der Waals surface area (Å²) >= 11 is 0. The van der Waals surface area contributed by atoms with E-state index in [9.17, 15) is 5.11 Å². The van der Waals surface area contributed by atoms with Crippen LogP contribution in [0.25, 0.3) is 0 Å². The Bertz CT molecular complexity index is 579. The van der Waals surface area contributed by atoms with Crippen LogP contribution in [0, 0.1) is 5.92 Å². The molecule has 1 aliphatic carbocycles. The van der Waals surface area contributed by atoms with Crippen LogP contribution in [-0.2, 0) is 10.2 Å². The number of piperidine rings is 1. The third-order valence-corrected chi connectivity index (χ3v) is 6.88. The highest BCUT2D eigenvalue weighted by Crippen LogP contribution is 2.51. The molecule has 0 amide bonds. The Labute approximate surface area is 151 Å². The predicted molar refractivity (Wildman–Crippen MR) is 99.8 cm³/mol. The van der Waals surface area contributed by atoms with E-state index in [-0.39, 0.29) is 17.6 Å². The van der Waals surface area contributed by atoms with E-state index in [2.05, 4.69) is 41.5 Å². The second-order valence-corrected chi connectivity index (χ2v) is 8.21. The molecule has 0 radical (unpaired) electrons. The number of aliphatic hydroxyl groups excluding tert-OH is 1. The lowest BCUT2D eigenvalue weighted by atomic mass is 9.72. The van der Waals surface area contributed by atoms with E-state index in [1.54, 1.807) is 0 Å². The number of ether oxygens (including phenoxy) is 1. The van der Waals surface area contributed by atoms with Gasteiger partial charge in [0.1, 0.15) is 0 Å². The minimum absolute atomic E-state index is 0.0561.